The van der Waals surface area contributed by atoms with Crippen LogP contribution in [0.3, 0.4) is 0 Å². The quantitative estimate of drug-likeness (QED) is 0.312. The van der Waals surface area contributed by atoms with E-state index >= 15 is 0 Å². The zero-order chi connectivity index (χ0) is 22.1. The fraction of sp³-hybridized carbons (Fsp3) is 0.136. The largest absolute Gasteiger partial charge is 0.478 e. The zero-order valence-corrected chi connectivity index (χ0v) is 17.2. The Morgan fingerprint density at radius 2 is 2.06 bits per heavy atom. The number of aliphatic hydroxyl groups is 1. The van der Waals surface area contributed by atoms with Gasteiger partial charge in [0.15, 0.2) is 0 Å². The molecule has 0 bridgehead atoms. The number of nitrogens with one attached hydrogen (secondary N) is 3. The van der Waals surface area contributed by atoms with Gasteiger partial charge in [-0.3, -0.25) is 4.79 Å². The molecule has 0 aliphatic heterocycles. The van der Waals surface area contributed by atoms with Crippen LogP contribution in [0.1, 0.15) is 27.6 Å². The van der Waals surface area contributed by atoms with Crippen molar-refractivity contribution in [3.8, 4) is 11.4 Å². The fourth-order valence-electron chi connectivity index (χ4n) is 3.43. The summed E-state index contributed by atoms with van der Waals surface area (Å²) in [5.74, 6) is -0.752. The number of fused-ring (bicyclic) bond motifs is 1. The molecule has 0 radical (unpaired) electrons. The molecule has 158 valence electrons. The van der Waals surface area contributed by atoms with Crippen LogP contribution in [0.4, 0.5) is 5.69 Å². The van der Waals surface area contributed by atoms with Crippen LogP contribution in [0.15, 0.2) is 53.5 Å². The predicted octanol–water partition coefficient (Wildman–Crippen LogP) is 3.72. The van der Waals surface area contributed by atoms with Crippen LogP contribution in [-0.2, 0) is 0 Å². The number of hydrogen-bond acceptors (Lipinski definition) is 5. The Morgan fingerprint density at radius 3 is 2.81 bits per heavy atom. The van der Waals surface area contributed by atoms with E-state index in [1.807, 2.05) is 0 Å². The maximum Gasteiger partial charge on any atom is 0.335 e. The van der Waals surface area contributed by atoms with Gasteiger partial charge in [0, 0.05) is 17.8 Å². The van der Waals surface area contributed by atoms with E-state index in [9.17, 15) is 19.8 Å². The number of halogens is 1. The van der Waals surface area contributed by atoms with Crippen molar-refractivity contribution in [3.05, 3.63) is 80.7 Å². The standard InChI is InChI=1S/C22H19ClN4O4/c1-11-7-13(22(30)31)9-16-19(11)27-20(26-16)18-15(5-6-24-21(18)29)25-10-17(28)12-3-2-4-14(23)8-12/h2-9,17,28H,10H2,1H3,(H,26,27)(H,30,31)(H2,24,25,29). The number of carbonyl (C=O) groups is 1. The van der Waals surface area contributed by atoms with Gasteiger partial charge in [-0.25, -0.2) is 9.78 Å². The third kappa shape index (κ3) is 4.16. The maximum absolute atomic E-state index is 12.6. The summed E-state index contributed by atoms with van der Waals surface area (Å²) in [6.45, 7) is 1.90. The number of aliphatic hydroxyl groups excluding tert-OH is 1. The number of benzene rings is 2. The van der Waals surface area contributed by atoms with Gasteiger partial charge in [-0.05, 0) is 48.4 Å². The van der Waals surface area contributed by atoms with E-state index in [0.717, 1.165) is 0 Å². The second-order valence-electron chi connectivity index (χ2n) is 7.13. The Labute approximate surface area is 181 Å². The second kappa shape index (κ2) is 8.25. The van der Waals surface area contributed by atoms with Crippen molar-refractivity contribution in [1.29, 1.82) is 0 Å². The first-order valence-corrected chi connectivity index (χ1v) is 9.84. The van der Waals surface area contributed by atoms with Crippen LogP contribution in [0.2, 0.25) is 5.02 Å². The van der Waals surface area contributed by atoms with Crippen LogP contribution < -0.4 is 10.9 Å². The molecule has 2 aromatic heterocycles. The van der Waals surface area contributed by atoms with Crippen LogP contribution in [0.25, 0.3) is 22.4 Å². The topological polar surface area (TPSA) is 131 Å². The van der Waals surface area contributed by atoms with Crippen molar-refractivity contribution in [2.45, 2.75) is 13.0 Å². The molecule has 0 saturated heterocycles. The highest BCUT2D eigenvalue weighted by Gasteiger charge is 2.17. The minimum absolute atomic E-state index is 0.130. The summed E-state index contributed by atoms with van der Waals surface area (Å²) in [5.41, 5.74) is 2.90. The molecule has 0 amide bonds. The molecule has 0 fully saturated rings. The highest BCUT2D eigenvalue weighted by atomic mass is 35.5. The van der Waals surface area contributed by atoms with Gasteiger partial charge in [0.05, 0.1) is 28.4 Å². The molecule has 0 saturated carbocycles. The van der Waals surface area contributed by atoms with E-state index in [1.54, 1.807) is 37.3 Å². The molecular formula is C22H19ClN4O4. The van der Waals surface area contributed by atoms with Gasteiger partial charge < -0.3 is 25.5 Å². The minimum Gasteiger partial charge on any atom is -0.478 e. The van der Waals surface area contributed by atoms with Gasteiger partial charge in [-0.2, -0.15) is 0 Å². The molecule has 9 heteroatoms. The smallest absolute Gasteiger partial charge is 0.335 e. The number of aromatic carboxylic acids is 1. The number of anilines is 1. The van der Waals surface area contributed by atoms with E-state index < -0.39 is 12.1 Å². The van der Waals surface area contributed by atoms with Gasteiger partial charge >= 0.3 is 5.97 Å². The number of carboxylic acids is 1. The first-order chi connectivity index (χ1) is 14.8. The number of pyridine rings is 1. The molecule has 0 spiro atoms. The number of nitrogens with zero attached hydrogens (tertiary/aromatic N) is 1. The molecule has 31 heavy (non-hydrogen) atoms. The molecule has 4 rings (SSSR count). The van der Waals surface area contributed by atoms with Gasteiger partial charge in [-0.15, -0.1) is 0 Å². The van der Waals surface area contributed by atoms with Gasteiger partial charge in [0.1, 0.15) is 11.4 Å². The van der Waals surface area contributed by atoms with Crippen molar-refractivity contribution in [2.24, 2.45) is 0 Å². The number of aromatic amines is 2. The Kier molecular flexibility index (Phi) is 5.50. The third-order valence-electron chi connectivity index (χ3n) is 4.94. The molecule has 1 atom stereocenters. The average Bonchev–Trinajstić information content (AvgIpc) is 3.16. The summed E-state index contributed by atoms with van der Waals surface area (Å²) in [4.78, 5) is 34.1. The summed E-state index contributed by atoms with van der Waals surface area (Å²) in [7, 11) is 0. The molecular weight excluding hydrogens is 420 g/mol. The fourth-order valence-corrected chi connectivity index (χ4v) is 3.63. The van der Waals surface area contributed by atoms with Crippen LogP contribution in [0, 0.1) is 6.92 Å². The number of hydrogen-bond donors (Lipinski definition) is 5. The lowest BCUT2D eigenvalue weighted by atomic mass is 10.1. The average molecular weight is 439 g/mol. The summed E-state index contributed by atoms with van der Waals surface area (Å²) < 4.78 is 0. The lowest BCUT2D eigenvalue weighted by Crippen LogP contribution is -2.17. The molecule has 8 nitrogen and oxygen atoms in total. The Morgan fingerprint density at radius 1 is 1.26 bits per heavy atom. The first kappa shape index (κ1) is 20.6. The number of carboxylic acid groups (broad SMARTS) is 1. The van der Waals surface area contributed by atoms with Crippen molar-refractivity contribution in [2.75, 3.05) is 11.9 Å². The van der Waals surface area contributed by atoms with E-state index in [1.165, 1.54) is 18.3 Å². The van der Waals surface area contributed by atoms with Gasteiger partial charge in [-0.1, -0.05) is 23.7 Å². The Bertz CT molecular complexity index is 1350. The molecule has 4 aromatic rings. The van der Waals surface area contributed by atoms with Gasteiger partial charge in [0.2, 0.25) is 0 Å². The summed E-state index contributed by atoms with van der Waals surface area (Å²) in [5, 5.41) is 23.4. The number of aromatic nitrogens is 3. The second-order valence-corrected chi connectivity index (χ2v) is 7.56. The number of imidazole rings is 1. The number of aryl methyl sites for hydroxylation is 1. The van der Waals surface area contributed by atoms with Crippen molar-refractivity contribution in [1.82, 2.24) is 15.0 Å². The van der Waals surface area contributed by atoms with E-state index in [-0.39, 0.29) is 23.2 Å². The van der Waals surface area contributed by atoms with Crippen molar-refractivity contribution < 1.29 is 15.0 Å². The monoisotopic (exact) mass is 438 g/mol. The summed E-state index contributed by atoms with van der Waals surface area (Å²) in [6.07, 6.45) is 0.651. The molecule has 0 aliphatic rings. The lowest BCUT2D eigenvalue weighted by Gasteiger charge is -2.15. The number of H-pyrrole nitrogens is 2. The van der Waals surface area contributed by atoms with Gasteiger partial charge in [0.25, 0.3) is 5.56 Å². The van der Waals surface area contributed by atoms with Crippen LogP contribution in [0.5, 0.6) is 0 Å². The highest BCUT2D eigenvalue weighted by Crippen LogP contribution is 2.27. The maximum atomic E-state index is 12.6. The lowest BCUT2D eigenvalue weighted by molar-refractivity contribution is 0.0697. The normalized spacial score (nSPS) is 12.1. The zero-order valence-electron chi connectivity index (χ0n) is 16.4. The molecule has 2 aromatic carbocycles. The van der Waals surface area contributed by atoms with Crippen molar-refractivity contribution in [3.63, 3.8) is 0 Å². The molecule has 0 aliphatic carbocycles. The minimum atomic E-state index is -1.05. The van der Waals surface area contributed by atoms with Crippen molar-refractivity contribution >= 4 is 34.3 Å². The van der Waals surface area contributed by atoms with Crippen LogP contribution in [-0.4, -0.2) is 37.7 Å². The predicted molar refractivity (Wildman–Crippen MR) is 119 cm³/mol. The van der Waals surface area contributed by atoms with E-state index in [2.05, 4.69) is 20.3 Å². The highest BCUT2D eigenvalue weighted by molar-refractivity contribution is 6.30. The summed E-state index contributed by atoms with van der Waals surface area (Å²) in [6, 6.07) is 11.6. The van der Waals surface area contributed by atoms with E-state index in [0.29, 0.717) is 38.7 Å². The Balaban J connectivity index is 1.69. The molecule has 5 N–H and O–H groups in total. The molecule has 2 heterocycles. The first-order valence-electron chi connectivity index (χ1n) is 9.46. The van der Waals surface area contributed by atoms with E-state index in [4.69, 9.17) is 11.6 Å². The number of rotatable bonds is 6. The molecule has 1 unspecified atom stereocenters. The Hall–Kier alpha value is -3.62. The summed E-state index contributed by atoms with van der Waals surface area (Å²) >= 11 is 5.99. The van der Waals surface area contributed by atoms with Crippen LogP contribution >= 0.6 is 11.6 Å². The SMILES string of the molecule is Cc1cc(C(=O)O)cc2[nH]c(-c3c(NCC(O)c4cccc(Cl)c4)cc[nH]c3=O)nc12. The third-order valence-corrected chi connectivity index (χ3v) is 5.18.